The van der Waals surface area contributed by atoms with Crippen LogP contribution in [0.2, 0.25) is 0 Å². The van der Waals surface area contributed by atoms with Crippen LogP contribution in [0.3, 0.4) is 0 Å². The van der Waals surface area contributed by atoms with E-state index in [0.717, 1.165) is 13.1 Å². The number of fused-ring (bicyclic) bond motifs is 1. The third-order valence-electron chi connectivity index (χ3n) is 3.55. The molecule has 3 aromatic rings. The molecule has 2 nitrogen and oxygen atoms in total. The summed E-state index contributed by atoms with van der Waals surface area (Å²) < 4.78 is 2.35. The summed E-state index contributed by atoms with van der Waals surface area (Å²) in [6, 6.07) is 19.3. The zero-order valence-electron chi connectivity index (χ0n) is 12.5. The van der Waals surface area contributed by atoms with Crippen molar-refractivity contribution in [1.82, 2.24) is 9.47 Å². The second-order valence-electron chi connectivity index (χ2n) is 5.52. The number of nitrogens with zero attached hydrogens (tertiary/aromatic N) is 2. The minimum Gasteiger partial charge on any atom is -0.343 e. The van der Waals surface area contributed by atoms with Crippen LogP contribution in [0.5, 0.6) is 0 Å². The van der Waals surface area contributed by atoms with Crippen LogP contribution in [-0.4, -0.2) is 23.6 Å². The summed E-state index contributed by atoms with van der Waals surface area (Å²) in [7, 11) is 4.23. The van der Waals surface area contributed by atoms with E-state index in [1.807, 2.05) is 0 Å². The van der Waals surface area contributed by atoms with E-state index in [4.69, 9.17) is 0 Å². The third-order valence-corrected chi connectivity index (χ3v) is 3.55. The van der Waals surface area contributed by atoms with Crippen molar-refractivity contribution in [3.8, 4) is 0 Å². The Balaban J connectivity index is 0.00000161. The van der Waals surface area contributed by atoms with Crippen molar-refractivity contribution in [2.24, 2.45) is 0 Å². The number of para-hydroxylation sites is 1. The number of halogens is 1. The predicted octanol–water partition coefficient (Wildman–Crippen LogP) is 4.17. The van der Waals surface area contributed by atoms with Crippen LogP contribution in [0.4, 0.5) is 0 Å². The maximum Gasteiger partial charge on any atom is 0.0486 e. The van der Waals surface area contributed by atoms with E-state index in [2.05, 4.69) is 84.4 Å². The first-order valence-corrected chi connectivity index (χ1v) is 6.99. The van der Waals surface area contributed by atoms with Gasteiger partial charge < -0.3 is 9.47 Å². The molecule has 0 atom stereocenters. The van der Waals surface area contributed by atoms with Gasteiger partial charge in [0.2, 0.25) is 0 Å². The molecule has 0 fully saturated rings. The topological polar surface area (TPSA) is 8.17 Å². The summed E-state index contributed by atoms with van der Waals surface area (Å²) in [6.07, 6.45) is 2.29. The molecule has 1 heterocycles. The summed E-state index contributed by atoms with van der Waals surface area (Å²) in [5.74, 6) is 0. The van der Waals surface area contributed by atoms with Crippen molar-refractivity contribution < 1.29 is 0 Å². The second kappa shape index (κ2) is 6.79. The zero-order valence-corrected chi connectivity index (χ0v) is 13.3. The summed E-state index contributed by atoms with van der Waals surface area (Å²) in [4.78, 5) is 2.22. The molecule has 0 spiro atoms. The van der Waals surface area contributed by atoms with Crippen LogP contribution >= 0.6 is 12.4 Å². The molecule has 0 amide bonds. The number of benzene rings is 2. The molecular weight excluding hydrogens is 280 g/mol. The van der Waals surface area contributed by atoms with E-state index in [1.165, 1.54) is 22.0 Å². The van der Waals surface area contributed by atoms with Gasteiger partial charge >= 0.3 is 0 Å². The molecular formula is C18H21ClN2. The van der Waals surface area contributed by atoms with Crippen molar-refractivity contribution in [3.63, 3.8) is 0 Å². The Kier molecular flexibility index (Phi) is 5.05. The molecule has 0 aliphatic heterocycles. The normalized spacial score (nSPS) is 10.8. The number of aromatic nitrogens is 1. The lowest BCUT2D eigenvalue weighted by molar-refractivity contribution is 0.403. The van der Waals surface area contributed by atoms with E-state index in [9.17, 15) is 0 Å². The highest BCUT2D eigenvalue weighted by molar-refractivity contribution is 5.85. The van der Waals surface area contributed by atoms with Gasteiger partial charge in [0, 0.05) is 30.2 Å². The average molecular weight is 301 g/mol. The van der Waals surface area contributed by atoms with Gasteiger partial charge in [0.05, 0.1) is 0 Å². The van der Waals surface area contributed by atoms with Gasteiger partial charge in [-0.2, -0.15) is 0 Å². The molecule has 2 aromatic carbocycles. The van der Waals surface area contributed by atoms with Crippen LogP contribution in [0, 0.1) is 0 Å². The number of rotatable bonds is 4. The van der Waals surface area contributed by atoms with Crippen molar-refractivity contribution in [1.29, 1.82) is 0 Å². The first kappa shape index (κ1) is 15.6. The van der Waals surface area contributed by atoms with Gasteiger partial charge in [-0.25, -0.2) is 0 Å². The maximum atomic E-state index is 2.35. The quantitative estimate of drug-likeness (QED) is 0.702. The molecule has 0 aliphatic rings. The summed E-state index contributed by atoms with van der Waals surface area (Å²) >= 11 is 0. The van der Waals surface area contributed by atoms with E-state index in [1.54, 1.807) is 0 Å². The highest BCUT2D eigenvalue weighted by Gasteiger charge is 2.08. The van der Waals surface area contributed by atoms with Gasteiger partial charge in [0.15, 0.2) is 0 Å². The fourth-order valence-electron chi connectivity index (χ4n) is 2.70. The SMILES string of the molecule is CN(C)Cc1cn(Cc2ccccc2)c2ccccc12.Cl. The average Bonchev–Trinajstić information content (AvgIpc) is 2.78. The molecule has 21 heavy (non-hydrogen) atoms. The first-order chi connectivity index (χ1) is 9.74. The van der Waals surface area contributed by atoms with Gasteiger partial charge in [0.1, 0.15) is 0 Å². The highest BCUT2D eigenvalue weighted by atomic mass is 35.5. The van der Waals surface area contributed by atoms with Gasteiger partial charge in [0.25, 0.3) is 0 Å². The monoisotopic (exact) mass is 300 g/mol. The molecule has 3 rings (SSSR count). The summed E-state index contributed by atoms with van der Waals surface area (Å²) in [5.41, 5.74) is 4.04. The maximum absolute atomic E-state index is 2.35. The standard InChI is InChI=1S/C18H20N2.ClH/c1-19(2)13-16-14-20(12-15-8-4-3-5-9-15)18-11-7-6-10-17(16)18;/h3-11,14H,12-13H2,1-2H3;1H. The van der Waals surface area contributed by atoms with E-state index in [0.29, 0.717) is 0 Å². The van der Waals surface area contributed by atoms with Crippen LogP contribution in [0.15, 0.2) is 60.8 Å². The van der Waals surface area contributed by atoms with Crippen molar-refractivity contribution in [3.05, 3.63) is 71.9 Å². The smallest absolute Gasteiger partial charge is 0.0486 e. The fraction of sp³-hybridized carbons (Fsp3) is 0.222. The lowest BCUT2D eigenvalue weighted by Gasteiger charge is -2.07. The molecule has 0 unspecified atom stereocenters. The molecule has 0 saturated carbocycles. The van der Waals surface area contributed by atoms with Crippen molar-refractivity contribution >= 4 is 23.3 Å². The lowest BCUT2D eigenvalue weighted by atomic mass is 10.2. The largest absolute Gasteiger partial charge is 0.343 e. The lowest BCUT2D eigenvalue weighted by Crippen LogP contribution is -2.10. The van der Waals surface area contributed by atoms with Crippen LogP contribution in [0.1, 0.15) is 11.1 Å². The van der Waals surface area contributed by atoms with Crippen molar-refractivity contribution in [2.45, 2.75) is 13.1 Å². The van der Waals surface area contributed by atoms with E-state index < -0.39 is 0 Å². The Hall–Kier alpha value is -1.77. The van der Waals surface area contributed by atoms with E-state index in [-0.39, 0.29) is 12.4 Å². The number of hydrogen-bond acceptors (Lipinski definition) is 1. The predicted molar refractivity (Wildman–Crippen MR) is 92.1 cm³/mol. The third kappa shape index (κ3) is 3.46. The number of hydrogen-bond donors (Lipinski definition) is 0. The van der Waals surface area contributed by atoms with Gasteiger partial charge in [-0.05, 0) is 31.3 Å². The van der Waals surface area contributed by atoms with Crippen LogP contribution in [-0.2, 0) is 13.1 Å². The molecule has 0 N–H and O–H groups in total. The molecule has 110 valence electrons. The minimum atomic E-state index is 0. The van der Waals surface area contributed by atoms with Gasteiger partial charge in [-0.15, -0.1) is 12.4 Å². The Bertz CT molecular complexity index is 702. The van der Waals surface area contributed by atoms with Crippen LogP contribution in [0.25, 0.3) is 10.9 Å². The summed E-state index contributed by atoms with van der Waals surface area (Å²) in [6.45, 7) is 1.90. The summed E-state index contributed by atoms with van der Waals surface area (Å²) in [5, 5.41) is 1.36. The first-order valence-electron chi connectivity index (χ1n) is 6.99. The fourth-order valence-corrected chi connectivity index (χ4v) is 2.70. The Labute approximate surface area is 132 Å². The second-order valence-corrected chi connectivity index (χ2v) is 5.52. The Morgan fingerprint density at radius 2 is 1.57 bits per heavy atom. The van der Waals surface area contributed by atoms with Gasteiger partial charge in [-0.3, -0.25) is 0 Å². The molecule has 3 heteroatoms. The van der Waals surface area contributed by atoms with E-state index >= 15 is 0 Å². The zero-order chi connectivity index (χ0) is 13.9. The Morgan fingerprint density at radius 1 is 0.905 bits per heavy atom. The van der Waals surface area contributed by atoms with Crippen LogP contribution < -0.4 is 0 Å². The van der Waals surface area contributed by atoms with Gasteiger partial charge in [-0.1, -0.05) is 48.5 Å². The molecule has 0 aliphatic carbocycles. The molecule has 0 radical (unpaired) electrons. The molecule has 1 aromatic heterocycles. The molecule has 0 saturated heterocycles. The van der Waals surface area contributed by atoms with Crippen molar-refractivity contribution in [2.75, 3.05) is 14.1 Å². The highest BCUT2D eigenvalue weighted by Crippen LogP contribution is 2.23. The minimum absolute atomic E-state index is 0. The molecule has 0 bridgehead atoms. The Morgan fingerprint density at radius 3 is 2.29 bits per heavy atom.